The Labute approximate surface area is 167 Å². The van der Waals surface area contributed by atoms with E-state index in [2.05, 4.69) is 16.0 Å². The molecule has 0 unspecified atom stereocenters. The summed E-state index contributed by atoms with van der Waals surface area (Å²) in [5.41, 5.74) is 0.946. The van der Waals surface area contributed by atoms with Crippen molar-refractivity contribution in [3.63, 3.8) is 0 Å². The fraction of sp³-hybridized carbons (Fsp3) is 0.381. The maximum atomic E-state index is 12.6. The van der Waals surface area contributed by atoms with Gasteiger partial charge in [-0.1, -0.05) is 25.0 Å². The van der Waals surface area contributed by atoms with Crippen molar-refractivity contribution < 1.29 is 14.4 Å². The van der Waals surface area contributed by atoms with Crippen LogP contribution in [0.25, 0.3) is 0 Å². The summed E-state index contributed by atoms with van der Waals surface area (Å²) in [5, 5.41) is 9.40. The van der Waals surface area contributed by atoms with E-state index in [1.165, 1.54) is 11.3 Å². The molecule has 7 heteroatoms. The maximum absolute atomic E-state index is 12.6. The monoisotopic (exact) mass is 397 g/mol. The molecule has 2 saturated carbocycles. The highest BCUT2D eigenvalue weighted by Crippen LogP contribution is 2.32. The summed E-state index contributed by atoms with van der Waals surface area (Å²) >= 11 is 1.23. The molecule has 6 nitrogen and oxygen atoms in total. The Morgan fingerprint density at radius 3 is 2.36 bits per heavy atom. The minimum absolute atomic E-state index is 0.0164. The number of hydrogen-bond donors (Lipinski definition) is 3. The third kappa shape index (κ3) is 4.42. The highest BCUT2D eigenvalue weighted by molar-refractivity contribution is 7.18. The minimum Gasteiger partial charge on any atom is -0.349 e. The number of rotatable bonds is 6. The zero-order chi connectivity index (χ0) is 19.5. The lowest BCUT2D eigenvalue weighted by atomic mass is 10.1. The molecule has 0 atom stereocenters. The van der Waals surface area contributed by atoms with Gasteiger partial charge in [-0.15, -0.1) is 11.3 Å². The molecule has 146 valence electrons. The lowest BCUT2D eigenvalue weighted by Crippen LogP contribution is -2.33. The molecule has 2 fully saturated rings. The van der Waals surface area contributed by atoms with Gasteiger partial charge in [0.2, 0.25) is 5.91 Å². The number of benzene rings is 1. The van der Waals surface area contributed by atoms with Crippen LogP contribution in [0.15, 0.2) is 36.4 Å². The number of carbonyl (C=O) groups excluding carboxylic acids is 3. The predicted molar refractivity (Wildman–Crippen MR) is 110 cm³/mol. The Morgan fingerprint density at radius 2 is 1.61 bits per heavy atom. The van der Waals surface area contributed by atoms with E-state index in [1.807, 2.05) is 0 Å². The molecule has 1 aromatic carbocycles. The van der Waals surface area contributed by atoms with Crippen molar-refractivity contribution in [1.82, 2.24) is 5.32 Å². The van der Waals surface area contributed by atoms with Gasteiger partial charge in [0, 0.05) is 12.0 Å². The Bertz CT molecular complexity index is 898. The van der Waals surface area contributed by atoms with E-state index in [9.17, 15) is 14.4 Å². The smallest absolute Gasteiger partial charge is 0.265 e. The summed E-state index contributed by atoms with van der Waals surface area (Å²) in [6.45, 7) is 0. The second kappa shape index (κ2) is 8.14. The SMILES string of the molecule is O=C(Nc1ccccc1C(=O)NC1CCCC1)c1ccc(NC(=O)C2CC2)s1. The first-order valence-electron chi connectivity index (χ1n) is 9.72. The Balaban J connectivity index is 1.42. The van der Waals surface area contributed by atoms with Crippen molar-refractivity contribution in [1.29, 1.82) is 0 Å². The van der Waals surface area contributed by atoms with Crippen molar-refractivity contribution in [3.05, 3.63) is 46.8 Å². The van der Waals surface area contributed by atoms with Crippen LogP contribution >= 0.6 is 11.3 Å². The lowest BCUT2D eigenvalue weighted by Gasteiger charge is -2.14. The van der Waals surface area contributed by atoms with E-state index < -0.39 is 0 Å². The Kier molecular flexibility index (Phi) is 5.43. The van der Waals surface area contributed by atoms with Crippen LogP contribution in [0.1, 0.15) is 58.6 Å². The average molecular weight is 398 g/mol. The van der Waals surface area contributed by atoms with Gasteiger partial charge in [0.1, 0.15) is 0 Å². The third-order valence-corrected chi connectivity index (χ3v) is 6.13. The second-order valence-corrected chi connectivity index (χ2v) is 8.47. The molecule has 0 spiro atoms. The van der Waals surface area contributed by atoms with Crippen LogP contribution in [0, 0.1) is 5.92 Å². The largest absolute Gasteiger partial charge is 0.349 e. The minimum atomic E-state index is -0.293. The molecule has 0 bridgehead atoms. The summed E-state index contributed by atoms with van der Waals surface area (Å²) in [5.74, 6) is -0.322. The standard InChI is InChI=1S/C21H23N3O3S/c25-19(13-9-10-13)24-18-12-11-17(28-18)21(27)23-16-8-4-3-7-15(16)20(26)22-14-5-1-2-6-14/h3-4,7-8,11-14H,1-2,5-6,9-10H2,(H,22,26)(H,23,27)(H,24,25). The van der Waals surface area contributed by atoms with Gasteiger partial charge in [-0.3, -0.25) is 14.4 Å². The molecule has 0 aliphatic heterocycles. The van der Waals surface area contributed by atoms with Crippen molar-refractivity contribution in [3.8, 4) is 0 Å². The van der Waals surface area contributed by atoms with Gasteiger partial charge in [-0.2, -0.15) is 0 Å². The van der Waals surface area contributed by atoms with Gasteiger partial charge < -0.3 is 16.0 Å². The number of anilines is 2. The van der Waals surface area contributed by atoms with Crippen LogP contribution < -0.4 is 16.0 Å². The van der Waals surface area contributed by atoms with Crippen LogP contribution in [0.4, 0.5) is 10.7 Å². The highest BCUT2D eigenvalue weighted by atomic mass is 32.1. The molecule has 2 aliphatic rings. The maximum Gasteiger partial charge on any atom is 0.265 e. The molecule has 1 heterocycles. The van der Waals surface area contributed by atoms with E-state index >= 15 is 0 Å². The first-order chi connectivity index (χ1) is 13.6. The van der Waals surface area contributed by atoms with E-state index in [0.717, 1.165) is 38.5 Å². The summed E-state index contributed by atoms with van der Waals surface area (Å²) < 4.78 is 0. The summed E-state index contributed by atoms with van der Waals surface area (Å²) in [4.78, 5) is 37.6. The topological polar surface area (TPSA) is 87.3 Å². The first-order valence-corrected chi connectivity index (χ1v) is 10.5. The molecular weight excluding hydrogens is 374 g/mol. The van der Waals surface area contributed by atoms with E-state index in [1.54, 1.807) is 36.4 Å². The molecule has 4 rings (SSSR count). The Hall–Kier alpha value is -2.67. The first kappa shape index (κ1) is 18.7. The summed E-state index contributed by atoms with van der Waals surface area (Å²) in [7, 11) is 0. The zero-order valence-electron chi connectivity index (χ0n) is 15.5. The summed E-state index contributed by atoms with van der Waals surface area (Å²) in [6, 6.07) is 10.7. The molecule has 3 N–H and O–H groups in total. The normalized spacial score (nSPS) is 16.6. The van der Waals surface area contributed by atoms with Crippen LogP contribution in [-0.2, 0) is 4.79 Å². The van der Waals surface area contributed by atoms with E-state index in [-0.39, 0.29) is 29.7 Å². The third-order valence-electron chi connectivity index (χ3n) is 5.13. The van der Waals surface area contributed by atoms with Crippen LogP contribution in [0.2, 0.25) is 0 Å². The predicted octanol–water partition coefficient (Wildman–Crippen LogP) is 4.02. The lowest BCUT2D eigenvalue weighted by molar-refractivity contribution is -0.117. The van der Waals surface area contributed by atoms with Gasteiger partial charge in [0.25, 0.3) is 11.8 Å². The zero-order valence-corrected chi connectivity index (χ0v) is 16.3. The highest BCUT2D eigenvalue weighted by Gasteiger charge is 2.30. The van der Waals surface area contributed by atoms with Crippen molar-refractivity contribution in [2.24, 2.45) is 5.92 Å². The van der Waals surface area contributed by atoms with Crippen molar-refractivity contribution >= 4 is 39.7 Å². The second-order valence-electron chi connectivity index (χ2n) is 7.38. The fourth-order valence-corrected chi connectivity index (χ4v) is 4.21. The molecule has 3 amide bonds. The number of amides is 3. The van der Waals surface area contributed by atoms with Gasteiger partial charge >= 0.3 is 0 Å². The van der Waals surface area contributed by atoms with E-state index in [0.29, 0.717) is 21.1 Å². The molecule has 28 heavy (non-hydrogen) atoms. The number of thiophene rings is 1. The molecule has 0 saturated heterocycles. The van der Waals surface area contributed by atoms with Crippen molar-refractivity contribution in [2.45, 2.75) is 44.6 Å². The van der Waals surface area contributed by atoms with Crippen LogP contribution in [0.3, 0.4) is 0 Å². The Morgan fingerprint density at radius 1 is 0.857 bits per heavy atom. The van der Waals surface area contributed by atoms with Crippen LogP contribution in [-0.4, -0.2) is 23.8 Å². The van der Waals surface area contributed by atoms with Gasteiger partial charge in [-0.05, 0) is 49.9 Å². The number of nitrogens with one attached hydrogen (secondary N) is 3. The molecule has 2 aromatic rings. The molecule has 1 aromatic heterocycles. The van der Waals surface area contributed by atoms with Gasteiger partial charge in [0.05, 0.1) is 21.1 Å². The quantitative estimate of drug-likeness (QED) is 0.688. The van der Waals surface area contributed by atoms with Gasteiger partial charge in [-0.25, -0.2) is 0 Å². The van der Waals surface area contributed by atoms with Crippen molar-refractivity contribution in [2.75, 3.05) is 10.6 Å². The number of para-hydroxylation sites is 1. The van der Waals surface area contributed by atoms with E-state index in [4.69, 9.17) is 0 Å². The number of carbonyl (C=O) groups is 3. The van der Waals surface area contributed by atoms with Gasteiger partial charge in [0.15, 0.2) is 0 Å². The molecule has 0 radical (unpaired) electrons. The summed E-state index contributed by atoms with van der Waals surface area (Å²) in [6.07, 6.45) is 6.16. The molecule has 2 aliphatic carbocycles. The fourth-order valence-electron chi connectivity index (χ4n) is 3.40. The number of hydrogen-bond acceptors (Lipinski definition) is 4. The molecular formula is C21H23N3O3S. The van der Waals surface area contributed by atoms with Crippen LogP contribution in [0.5, 0.6) is 0 Å². The average Bonchev–Trinajstić information content (AvgIpc) is 3.23.